The molecule has 0 aromatic rings. The fourth-order valence-corrected chi connectivity index (χ4v) is 0.626. The summed E-state index contributed by atoms with van der Waals surface area (Å²) in [7, 11) is -1.06. The highest BCUT2D eigenvalue weighted by Crippen LogP contribution is 2.14. The van der Waals surface area contributed by atoms with E-state index in [9.17, 15) is 9.00 Å². The minimum absolute atomic E-state index is 0.00387. The van der Waals surface area contributed by atoms with Gasteiger partial charge in [-0.1, -0.05) is 0 Å². The van der Waals surface area contributed by atoms with Gasteiger partial charge in [-0.2, -0.15) is 0 Å². The molecular formula is C7H14O3S. The predicted molar refractivity (Wildman–Crippen MR) is 44.5 cm³/mol. The second-order valence-corrected chi connectivity index (χ2v) is 4.75. The summed E-state index contributed by atoms with van der Waals surface area (Å²) in [5.41, 5.74) is -0.501. The van der Waals surface area contributed by atoms with Crippen LogP contribution in [0.25, 0.3) is 0 Å². The first kappa shape index (κ1) is 10.6. The lowest BCUT2D eigenvalue weighted by Gasteiger charge is -2.15. The quantitative estimate of drug-likeness (QED) is 0.590. The molecule has 0 spiro atoms. The molecule has 11 heavy (non-hydrogen) atoms. The normalized spacial score (nSPS) is 14.2. The Labute approximate surface area is 69.6 Å². The molecule has 0 rings (SSSR count). The Morgan fingerprint density at radius 2 is 1.91 bits per heavy atom. The molecule has 0 bridgehead atoms. The summed E-state index contributed by atoms with van der Waals surface area (Å²) in [6, 6.07) is 0. The molecule has 0 aromatic carbocycles. The van der Waals surface area contributed by atoms with Crippen molar-refractivity contribution in [3.05, 3.63) is 0 Å². The van der Waals surface area contributed by atoms with E-state index in [2.05, 4.69) is 0 Å². The van der Waals surface area contributed by atoms with Crippen molar-refractivity contribution in [1.82, 2.24) is 0 Å². The van der Waals surface area contributed by atoms with Gasteiger partial charge in [-0.25, -0.2) is 0 Å². The van der Waals surface area contributed by atoms with Gasteiger partial charge in [-0.3, -0.25) is 9.00 Å². The van der Waals surface area contributed by atoms with Gasteiger partial charge < -0.3 is 4.74 Å². The van der Waals surface area contributed by atoms with Crippen molar-refractivity contribution < 1.29 is 13.7 Å². The highest BCUT2D eigenvalue weighted by molar-refractivity contribution is 7.84. The maximum Gasteiger partial charge on any atom is 0.312 e. The van der Waals surface area contributed by atoms with E-state index < -0.39 is 16.2 Å². The zero-order valence-electron chi connectivity index (χ0n) is 7.34. The summed E-state index contributed by atoms with van der Waals surface area (Å²) >= 11 is 0. The molecule has 1 unspecified atom stereocenters. The Hall–Kier alpha value is -0.380. The second-order valence-electron chi connectivity index (χ2n) is 3.37. The topological polar surface area (TPSA) is 43.4 Å². The molecule has 0 aliphatic heterocycles. The number of hydrogen-bond donors (Lipinski definition) is 0. The molecule has 0 aliphatic carbocycles. The molecule has 0 radical (unpaired) electrons. The molecule has 4 heteroatoms. The Morgan fingerprint density at radius 3 is 2.18 bits per heavy atom. The number of esters is 1. The van der Waals surface area contributed by atoms with Crippen molar-refractivity contribution in [3.63, 3.8) is 0 Å². The molecule has 0 fully saturated rings. The minimum atomic E-state index is -1.06. The highest BCUT2D eigenvalue weighted by Gasteiger charge is 2.22. The van der Waals surface area contributed by atoms with Crippen LogP contribution in [-0.4, -0.2) is 22.4 Å². The molecule has 0 heterocycles. The molecule has 0 N–H and O–H groups in total. The smallest absolute Gasteiger partial charge is 0.312 e. The largest absolute Gasteiger partial charge is 0.452 e. The fraction of sp³-hybridized carbons (Fsp3) is 0.857. The molecule has 66 valence electrons. The average molecular weight is 178 g/mol. The summed E-state index contributed by atoms with van der Waals surface area (Å²) in [6.07, 6.45) is 1.50. The maximum atomic E-state index is 11.0. The SMILES string of the molecule is CS(=O)COC(=O)C(C)(C)C. The molecule has 1 atom stereocenters. The first-order valence-electron chi connectivity index (χ1n) is 3.31. The van der Waals surface area contributed by atoms with Gasteiger partial charge in [-0.05, 0) is 20.8 Å². The monoisotopic (exact) mass is 178 g/mol. The van der Waals surface area contributed by atoms with Crippen molar-refractivity contribution in [1.29, 1.82) is 0 Å². The number of hydrogen-bond acceptors (Lipinski definition) is 3. The van der Waals surface area contributed by atoms with Gasteiger partial charge >= 0.3 is 5.97 Å². The van der Waals surface area contributed by atoms with Crippen molar-refractivity contribution in [2.45, 2.75) is 20.8 Å². The van der Waals surface area contributed by atoms with Crippen LogP contribution >= 0.6 is 0 Å². The highest BCUT2D eigenvalue weighted by atomic mass is 32.2. The van der Waals surface area contributed by atoms with Crippen LogP contribution in [0, 0.1) is 5.41 Å². The van der Waals surface area contributed by atoms with Crippen LogP contribution in [0.1, 0.15) is 20.8 Å². The summed E-state index contributed by atoms with van der Waals surface area (Å²) in [4.78, 5) is 11.0. The number of rotatable bonds is 2. The second kappa shape index (κ2) is 3.85. The summed E-state index contributed by atoms with van der Waals surface area (Å²) in [5.74, 6) is -0.316. The maximum absolute atomic E-state index is 11.0. The van der Waals surface area contributed by atoms with Crippen molar-refractivity contribution >= 4 is 16.8 Å². The van der Waals surface area contributed by atoms with Gasteiger partial charge in [0.1, 0.15) is 0 Å². The summed E-state index contributed by atoms with van der Waals surface area (Å²) in [6.45, 7) is 5.27. The standard InChI is InChI=1S/C7H14O3S/c1-7(2,3)6(8)10-5-11(4)9/h5H2,1-4H3. The number of ether oxygens (including phenoxy) is 1. The van der Waals surface area contributed by atoms with Crippen LogP contribution in [0.2, 0.25) is 0 Å². The Kier molecular flexibility index (Phi) is 3.72. The first-order chi connectivity index (χ1) is 4.84. The lowest BCUT2D eigenvalue weighted by Crippen LogP contribution is -2.24. The van der Waals surface area contributed by atoms with Crippen molar-refractivity contribution in [3.8, 4) is 0 Å². The lowest BCUT2D eigenvalue weighted by atomic mass is 9.98. The molecular weight excluding hydrogens is 164 g/mol. The van der Waals surface area contributed by atoms with Gasteiger partial charge in [0.25, 0.3) is 0 Å². The van der Waals surface area contributed by atoms with E-state index in [1.807, 2.05) is 0 Å². The van der Waals surface area contributed by atoms with E-state index in [-0.39, 0.29) is 11.9 Å². The third kappa shape index (κ3) is 4.95. The van der Waals surface area contributed by atoms with E-state index in [1.165, 1.54) is 6.26 Å². The zero-order valence-corrected chi connectivity index (χ0v) is 8.16. The molecule has 0 aromatic heterocycles. The molecule has 0 aliphatic rings. The third-order valence-electron chi connectivity index (χ3n) is 0.968. The number of carbonyl (C=O) groups is 1. The third-order valence-corrected chi connectivity index (χ3v) is 1.42. The first-order valence-corrected chi connectivity index (χ1v) is 5.04. The Bertz CT molecular complexity index is 169. The van der Waals surface area contributed by atoms with Gasteiger partial charge in [0.05, 0.1) is 16.2 Å². The predicted octanol–water partition coefficient (Wildman–Crippen LogP) is 0.912. The molecule has 0 amide bonds. The van der Waals surface area contributed by atoms with E-state index >= 15 is 0 Å². The van der Waals surface area contributed by atoms with Gasteiger partial charge in [0, 0.05) is 6.26 Å². The Balaban J connectivity index is 3.80. The Morgan fingerprint density at radius 1 is 1.45 bits per heavy atom. The van der Waals surface area contributed by atoms with E-state index in [4.69, 9.17) is 4.74 Å². The zero-order chi connectivity index (χ0) is 9.07. The molecule has 3 nitrogen and oxygen atoms in total. The minimum Gasteiger partial charge on any atom is -0.452 e. The molecule has 0 saturated carbocycles. The van der Waals surface area contributed by atoms with Crippen molar-refractivity contribution in [2.75, 3.05) is 12.2 Å². The van der Waals surface area contributed by atoms with Crippen LogP contribution in [0.3, 0.4) is 0 Å². The van der Waals surface area contributed by atoms with Crippen LogP contribution in [-0.2, 0) is 20.3 Å². The molecule has 0 saturated heterocycles. The number of carbonyl (C=O) groups excluding carboxylic acids is 1. The van der Waals surface area contributed by atoms with Gasteiger partial charge in [0.2, 0.25) is 0 Å². The van der Waals surface area contributed by atoms with Crippen LogP contribution in [0.15, 0.2) is 0 Å². The van der Waals surface area contributed by atoms with Crippen LogP contribution < -0.4 is 0 Å². The van der Waals surface area contributed by atoms with Gasteiger partial charge in [-0.15, -0.1) is 0 Å². The summed E-state index contributed by atoms with van der Waals surface area (Å²) < 4.78 is 15.2. The summed E-state index contributed by atoms with van der Waals surface area (Å²) in [5, 5.41) is 0. The van der Waals surface area contributed by atoms with Crippen LogP contribution in [0.5, 0.6) is 0 Å². The van der Waals surface area contributed by atoms with E-state index in [0.717, 1.165) is 0 Å². The van der Waals surface area contributed by atoms with E-state index in [0.29, 0.717) is 0 Å². The average Bonchev–Trinajstić information content (AvgIpc) is 1.80. The fourth-order valence-electron chi connectivity index (χ4n) is 0.353. The van der Waals surface area contributed by atoms with Crippen LogP contribution in [0.4, 0.5) is 0 Å². The lowest BCUT2D eigenvalue weighted by molar-refractivity contribution is -0.150. The van der Waals surface area contributed by atoms with E-state index in [1.54, 1.807) is 20.8 Å². The van der Waals surface area contributed by atoms with Gasteiger partial charge in [0.15, 0.2) is 5.94 Å². The van der Waals surface area contributed by atoms with Crippen molar-refractivity contribution in [2.24, 2.45) is 5.41 Å².